The van der Waals surface area contributed by atoms with Crippen LogP contribution in [0.3, 0.4) is 0 Å². The summed E-state index contributed by atoms with van der Waals surface area (Å²) in [6.07, 6.45) is 3.29. The molecule has 0 saturated heterocycles. The van der Waals surface area contributed by atoms with Gasteiger partial charge in [-0.1, -0.05) is 8.98 Å². The zero-order valence-corrected chi connectivity index (χ0v) is 12.7. The average Bonchev–Trinajstić information content (AvgIpc) is 3.12. The van der Waals surface area contributed by atoms with Crippen LogP contribution in [0, 0.1) is 26.0 Å². The molecule has 0 aliphatic heterocycles. The highest BCUT2D eigenvalue weighted by Crippen LogP contribution is 2.36. The maximum Gasteiger partial charge on any atom is 0.246 e. The molecule has 0 atom stereocenters. The molecule has 0 amide bonds. The molecule has 0 aliphatic carbocycles. The molecule has 0 unspecified atom stereocenters. The van der Waals surface area contributed by atoms with Crippen molar-refractivity contribution in [3.05, 3.63) is 34.4 Å². The first-order valence-electron chi connectivity index (χ1n) is 5.90. The Bertz CT molecular complexity index is 688. The second-order valence-electron chi connectivity index (χ2n) is 4.42. The van der Waals surface area contributed by atoms with Crippen molar-refractivity contribution in [1.82, 2.24) is 19.2 Å². The molecule has 0 aliphatic rings. The fourth-order valence-corrected chi connectivity index (χ4v) is 3.30. The van der Waals surface area contributed by atoms with Crippen LogP contribution in [-0.4, -0.2) is 19.2 Å². The van der Waals surface area contributed by atoms with Crippen LogP contribution < -0.4 is 4.73 Å². The Balaban J connectivity index is 2.43. The van der Waals surface area contributed by atoms with E-state index >= 15 is 0 Å². The average molecular weight is 305 g/mol. The summed E-state index contributed by atoms with van der Waals surface area (Å²) in [6.45, 7) is 5.78. The monoisotopic (exact) mass is 305 g/mol. The minimum Gasteiger partial charge on any atom is -0.618 e. The van der Waals surface area contributed by atoms with Crippen LogP contribution in [0.4, 0.5) is 0 Å². The third-order valence-corrected chi connectivity index (χ3v) is 4.78. The number of rotatable bonds is 2. The quantitative estimate of drug-likeness (QED) is 0.536. The molecule has 0 N–H and O–H groups in total. The molecule has 0 fully saturated rings. The van der Waals surface area contributed by atoms with Crippen molar-refractivity contribution in [3.63, 3.8) is 0 Å². The van der Waals surface area contributed by atoms with Gasteiger partial charge >= 0.3 is 0 Å². The first-order valence-corrected chi connectivity index (χ1v) is 7.44. The van der Waals surface area contributed by atoms with Crippen LogP contribution in [0.5, 0.6) is 0 Å². The molecular formula is C12H11N5OS2. The topological polar surface area (TPSA) is 78.5 Å². The number of nitrogens with zero attached hydrogens (tertiary/aromatic N) is 5. The smallest absolute Gasteiger partial charge is 0.246 e. The molecule has 20 heavy (non-hydrogen) atoms. The Morgan fingerprint density at radius 1 is 0.950 bits per heavy atom. The fraction of sp³-hybridized carbons (Fsp3) is 0.250. The van der Waals surface area contributed by atoms with E-state index in [4.69, 9.17) is 0 Å². The van der Waals surface area contributed by atoms with E-state index in [1.54, 1.807) is 12.4 Å². The highest BCUT2D eigenvalue weighted by Gasteiger charge is 2.26. The summed E-state index contributed by atoms with van der Waals surface area (Å²) < 4.78 is 8.70. The van der Waals surface area contributed by atoms with E-state index in [9.17, 15) is 5.21 Å². The van der Waals surface area contributed by atoms with Crippen LogP contribution in [0.25, 0.3) is 21.0 Å². The number of hydrogen-bond donors (Lipinski definition) is 0. The van der Waals surface area contributed by atoms with Crippen LogP contribution in [0.2, 0.25) is 0 Å². The van der Waals surface area contributed by atoms with E-state index in [-0.39, 0.29) is 0 Å². The van der Waals surface area contributed by atoms with Crippen molar-refractivity contribution in [2.75, 3.05) is 0 Å². The minimum absolute atomic E-state index is 0.576. The van der Waals surface area contributed by atoms with Gasteiger partial charge in [0.2, 0.25) is 5.69 Å². The molecule has 0 spiro atoms. The second-order valence-corrected chi connectivity index (χ2v) is 5.99. The van der Waals surface area contributed by atoms with Gasteiger partial charge in [-0.25, -0.2) is 0 Å². The Morgan fingerprint density at radius 2 is 1.55 bits per heavy atom. The molecule has 0 aromatic carbocycles. The van der Waals surface area contributed by atoms with E-state index in [1.807, 2.05) is 20.8 Å². The van der Waals surface area contributed by atoms with Crippen LogP contribution in [-0.2, 0) is 0 Å². The molecule has 0 saturated carbocycles. The lowest BCUT2D eigenvalue weighted by Crippen LogP contribution is -2.35. The standard InChI is InChI=1S/C12H11N5OS2/c1-6-7(2)11(9-4-13-15-19-9)12(17(18)8(6)3)10-5-14-16-20-10/h4-5H,1-3H3. The lowest BCUT2D eigenvalue weighted by Gasteiger charge is -2.15. The van der Waals surface area contributed by atoms with Crippen LogP contribution in [0.1, 0.15) is 16.8 Å². The predicted octanol–water partition coefficient (Wildman–Crippen LogP) is 2.28. The third-order valence-electron chi connectivity index (χ3n) is 3.43. The maximum absolute atomic E-state index is 12.6. The summed E-state index contributed by atoms with van der Waals surface area (Å²) in [4.78, 5) is 1.62. The Morgan fingerprint density at radius 3 is 2.10 bits per heavy atom. The summed E-state index contributed by atoms with van der Waals surface area (Å²) in [5.74, 6) is 0. The molecule has 102 valence electrons. The van der Waals surface area contributed by atoms with Gasteiger partial charge in [0.1, 0.15) is 4.88 Å². The van der Waals surface area contributed by atoms with Gasteiger partial charge in [0, 0.05) is 12.5 Å². The molecular weight excluding hydrogens is 294 g/mol. The number of hydrogen-bond acceptors (Lipinski definition) is 7. The lowest BCUT2D eigenvalue weighted by atomic mass is 9.99. The summed E-state index contributed by atoms with van der Waals surface area (Å²) in [5.41, 5.74) is 4.16. The molecule has 0 radical (unpaired) electrons. The third kappa shape index (κ3) is 1.88. The summed E-state index contributed by atoms with van der Waals surface area (Å²) >= 11 is 2.48. The van der Waals surface area contributed by atoms with Gasteiger partial charge in [-0.05, 0) is 42.5 Å². The van der Waals surface area contributed by atoms with Crippen molar-refractivity contribution in [2.45, 2.75) is 20.8 Å². The molecule has 8 heteroatoms. The summed E-state index contributed by atoms with van der Waals surface area (Å²) in [6, 6.07) is 0. The molecule has 3 aromatic heterocycles. The van der Waals surface area contributed by atoms with E-state index < -0.39 is 0 Å². The molecule has 3 rings (SSSR count). The minimum atomic E-state index is 0.576. The van der Waals surface area contributed by atoms with Gasteiger partial charge in [-0.15, -0.1) is 10.2 Å². The molecule has 0 bridgehead atoms. The number of pyridine rings is 1. The highest BCUT2D eigenvalue weighted by molar-refractivity contribution is 7.10. The van der Waals surface area contributed by atoms with Gasteiger partial charge in [-0.2, -0.15) is 4.73 Å². The highest BCUT2D eigenvalue weighted by atomic mass is 32.1. The zero-order chi connectivity index (χ0) is 14.3. The first kappa shape index (κ1) is 13.1. The van der Waals surface area contributed by atoms with E-state index in [2.05, 4.69) is 19.2 Å². The van der Waals surface area contributed by atoms with Crippen molar-refractivity contribution < 1.29 is 4.73 Å². The van der Waals surface area contributed by atoms with Crippen molar-refractivity contribution in [1.29, 1.82) is 0 Å². The van der Waals surface area contributed by atoms with E-state index in [1.165, 1.54) is 23.1 Å². The summed E-state index contributed by atoms with van der Waals surface area (Å²) in [7, 11) is 0. The largest absolute Gasteiger partial charge is 0.618 e. The first-order chi connectivity index (χ1) is 9.61. The Hall–Kier alpha value is -1.93. The predicted molar refractivity (Wildman–Crippen MR) is 77.4 cm³/mol. The van der Waals surface area contributed by atoms with Gasteiger partial charge in [0.15, 0.2) is 5.69 Å². The van der Waals surface area contributed by atoms with Crippen molar-refractivity contribution >= 4 is 23.1 Å². The second kappa shape index (κ2) is 4.88. The number of aromatic nitrogens is 5. The molecule has 3 heterocycles. The van der Waals surface area contributed by atoms with Crippen LogP contribution >= 0.6 is 23.1 Å². The maximum atomic E-state index is 12.6. The van der Waals surface area contributed by atoms with Gasteiger partial charge in [0.25, 0.3) is 0 Å². The molecule has 6 nitrogen and oxygen atoms in total. The Kier molecular flexibility index (Phi) is 3.19. The SMILES string of the molecule is Cc1c(C)c(C)[n+]([O-])c(-c2cnns2)c1-c1cnns1. The van der Waals surface area contributed by atoms with E-state index in [0.29, 0.717) is 11.4 Å². The van der Waals surface area contributed by atoms with Crippen molar-refractivity contribution in [2.24, 2.45) is 0 Å². The molecule has 3 aromatic rings. The summed E-state index contributed by atoms with van der Waals surface area (Å²) in [5, 5.41) is 20.3. The Labute approximate surface area is 123 Å². The van der Waals surface area contributed by atoms with Gasteiger partial charge in [-0.3, -0.25) is 0 Å². The normalized spacial score (nSPS) is 10.9. The van der Waals surface area contributed by atoms with Crippen molar-refractivity contribution in [3.8, 4) is 21.0 Å². The van der Waals surface area contributed by atoms with Crippen LogP contribution in [0.15, 0.2) is 12.4 Å². The zero-order valence-electron chi connectivity index (χ0n) is 11.1. The van der Waals surface area contributed by atoms with Gasteiger partial charge < -0.3 is 5.21 Å². The van der Waals surface area contributed by atoms with E-state index in [0.717, 1.165) is 31.2 Å². The lowest BCUT2D eigenvalue weighted by molar-refractivity contribution is -0.600. The fourth-order valence-electron chi connectivity index (χ4n) is 2.13. The van der Waals surface area contributed by atoms with Gasteiger partial charge in [0.05, 0.1) is 22.8 Å².